The number of nitrogens with zero attached hydrogens (tertiary/aromatic N) is 2. The summed E-state index contributed by atoms with van der Waals surface area (Å²) in [4.78, 5) is 17.6. The topological polar surface area (TPSA) is 34.9 Å². The van der Waals surface area contributed by atoms with Crippen LogP contribution in [0.1, 0.15) is 24.8 Å². The van der Waals surface area contributed by atoms with Crippen LogP contribution in [0.15, 0.2) is 51.7 Å². The minimum Gasteiger partial charge on any atom is -0.282 e. The number of thioether (sulfide) groups is 1. The number of fused-ring (bicyclic) bond motifs is 1. The second-order valence-corrected chi connectivity index (χ2v) is 7.92. The molecule has 1 aliphatic carbocycles. The molecule has 0 amide bonds. The molecular formula is C18H18N2OS2. The Morgan fingerprint density at radius 2 is 2.04 bits per heavy atom. The van der Waals surface area contributed by atoms with Gasteiger partial charge < -0.3 is 0 Å². The van der Waals surface area contributed by atoms with Crippen LogP contribution in [0.3, 0.4) is 0 Å². The molecule has 0 unspecified atom stereocenters. The molecule has 0 aliphatic heterocycles. The highest BCUT2D eigenvalue weighted by atomic mass is 32.2. The summed E-state index contributed by atoms with van der Waals surface area (Å²) in [6.07, 6.45) is 3.98. The van der Waals surface area contributed by atoms with Gasteiger partial charge >= 0.3 is 0 Å². The van der Waals surface area contributed by atoms with E-state index in [4.69, 9.17) is 4.98 Å². The fraction of sp³-hybridized carbons (Fsp3) is 0.333. The molecule has 0 radical (unpaired) electrons. The molecule has 2 aromatic heterocycles. The van der Waals surface area contributed by atoms with Gasteiger partial charge in [0.25, 0.3) is 5.56 Å². The van der Waals surface area contributed by atoms with Crippen molar-refractivity contribution in [3.05, 3.63) is 57.7 Å². The Morgan fingerprint density at radius 1 is 1.22 bits per heavy atom. The smallest absolute Gasteiger partial charge is 0.272 e. The lowest BCUT2D eigenvalue weighted by molar-refractivity contribution is 0.353. The standard InChI is InChI=1S/C18H18N2OS2/c21-17-16-15(9-10-22-16)19-18(23-12-14-7-4-8-14)20(17)11-13-5-2-1-3-6-13/h1-3,5-6,9-10,14H,4,7-8,11-12H2. The second-order valence-electron chi connectivity index (χ2n) is 6.01. The van der Waals surface area contributed by atoms with Gasteiger partial charge in [0, 0.05) is 5.75 Å². The Hall–Kier alpha value is -1.59. The van der Waals surface area contributed by atoms with Crippen LogP contribution in [0.2, 0.25) is 0 Å². The normalized spacial score (nSPS) is 15.0. The van der Waals surface area contributed by atoms with Crippen molar-refractivity contribution in [3.8, 4) is 0 Å². The fourth-order valence-electron chi connectivity index (χ4n) is 2.79. The van der Waals surface area contributed by atoms with Crippen molar-refractivity contribution in [1.82, 2.24) is 9.55 Å². The SMILES string of the molecule is O=c1c2sccc2nc(SCC2CCC2)n1Cc1ccccc1. The molecule has 5 heteroatoms. The molecule has 3 aromatic rings. The fourth-order valence-corrected chi connectivity index (χ4v) is 4.75. The minimum atomic E-state index is 0.0879. The summed E-state index contributed by atoms with van der Waals surface area (Å²) in [6.45, 7) is 0.591. The van der Waals surface area contributed by atoms with E-state index < -0.39 is 0 Å². The molecule has 1 saturated carbocycles. The van der Waals surface area contributed by atoms with Gasteiger partial charge in [0.2, 0.25) is 0 Å². The van der Waals surface area contributed by atoms with E-state index in [0.29, 0.717) is 6.54 Å². The highest BCUT2D eigenvalue weighted by molar-refractivity contribution is 7.99. The van der Waals surface area contributed by atoms with Crippen LogP contribution in [0, 0.1) is 5.92 Å². The van der Waals surface area contributed by atoms with Crippen molar-refractivity contribution in [2.75, 3.05) is 5.75 Å². The van der Waals surface area contributed by atoms with Crippen molar-refractivity contribution in [1.29, 1.82) is 0 Å². The molecule has 0 N–H and O–H groups in total. The maximum Gasteiger partial charge on any atom is 0.272 e. The van der Waals surface area contributed by atoms with Crippen LogP contribution < -0.4 is 5.56 Å². The molecule has 1 fully saturated rings. The average molecular weight is 342 g/mol. The van der Waals surface area contributed by atoms with Gasteiger partial charge in [-0.15, -0.1) is 11.3 Å². The molecule has 0 bridgehead atoms. The number of rotatable bonds is 5. The highest BCUT2D eigenvalue weighted by Crippen LogP contribution is 2.32. The quantitative estimate of drug-likeness (QED) is 0.509. The van der Waals surface area contributed by atoms with Gasteiger partial charge in [0.05, 0.1) is 12.1 Å². The van der Waals surface area contributed by atoms with E-state index in [1.807, 2.05) is 34.2 Å². The van der Waals surface area contributed by atoms with Crippen LogP contribution >= 0.6 is 23.1 Å². The Bertz CT molecular complexity index is 866. The largest absolute Gasteiger partial charge is 0.282 e. The zero-order valence-electron chi connectivity index (χ0n) is 12.8. The lowest BCUT2D eigenvalue weighted by Crippen LogP contribution is -2.24. The van der Waals surface area contributed by atoms with Crippen molar-refractivity contribution >= 4 is 33.3 Å². The first-order chi connectivity index (χ1) is 11.3. The zero-order chi connectivity index (χ0) is 15.6. The van der Waals surface area contributed by atoms with Gasteiger partial charge in [-0.05, 0) is 35.8 Å². The third-order valence-corrected chi connectivity index (χ3v) is 6.49. The van der Waals surface area contributed by atoms with Crippen molar-refractivity contribution < 1.29 is 0 Å². The molecular weight excluding hydrogens is 324 g/mol. The lowest BCUT2D eigenvalue weighted by Gasteiger charge is -2.24. The molecule has 4 rings (SSSR count). The Kier molecular flexibility index (Phi) is 4.23. The summed E-state index contributed by atoms with van der Waals surface area (Å²) in [5.41, 5.74) is 2.06. The summed E-state index contributed by atoms with van der Waals surface area (Å²) < 4.78 is 2.60. The summed E-state index contributed by atoms with van der Waals surface area (Å²) in [5, 5.41) is 2.81. The summed E-state index contributed by atoms with van der Waals surface area (Å²) in [7, 11) is 0. The number of hydrogen-bond donors (Lipinski definition) is 0. The second kappa shape index (κ2) is 6.49. The molecule has 23 heavy (non-hydrogen) atoms. The lowest BCUT2D eigenvalue weighted by atomic mass is 9.87. The molecule has 118 valence electrons. The van der Waals surface area contributed by atoms with Crippen LogP contribution in [0.4, 0.5) is 0 Å². The van der Waals surface area contributed by atoms with Gasteiger partial charge in [0.15, 0.2) is 5.16 Å². The Balaban J connectivity index is 1.72. The van der Waals surface area contributed by atoms with Crippen LogP contribution in [0.25, 0.3) is 10.2 Å². The number of hydrogen-bond acceptors (Lipinski definition) is 4. The predicted octanol–water partition coefficient (Wildman–Crippen LogP) is 4.40. The van der Waals surface area contributed by atoms with Crippen LogP contribution in [0.5, 0.6) is 0 Å². The molecule has 0 saturated heterocycles. The van der Waals surface area contributed by atoms with Gasteiger partial charge in [-0.2, -0.15) is 0 Å². The first-order valence-corrected chi connectivity index (χ1v) is 9.82. The third-order valence-electron chi connectivity index (χ3n) is 4.39. The third kappa shape index (κ3) is 3.08. The predicted molar refractivity (Wildman–Crippen MR) is 97.5 cm³/mol. The van der Waals surface area contributed by atoms with Gasteiger partial charge in [-0.1, -0.05) is 48.5 Å². The van der Waals surface area contributed by atoms with Crippen LogP contribution in [-0.2, 0) is 6.54 Å². The molecule has 0 atom stereocenters. The Labute approximate surface area is 143 Å². The summed E-state index contributed by atoms with van der Waals surface area (Å²) in [5.74, 6) is 1.86. The van der Waals surface area contributed by atoms with Crippen molar-refractivity contribution in [2.24, 2.45) is 5.92 Å². The van der Waals surface area contributed by atoms with Gasteiger partial charge in [-0.3, -0.25) is 9.36 Å². The first kappa shape index (κ1) is 15.0. The number of aromatic nitrogens is 2. The molecule has 1 aliphatic rings. The first-order valence-electron chi connectivity index (χ1n) is 7.96. The van der Waals surface area contributed by atoms with Gasteiger partial charge in [-0.25, -0.2) is 4.98 Å². The van der Waals surface area contributed by atoms with E-state index >= 15 is 0 Å². The van der Waals surface area contributed by atoms with E-state index in [-0.39, 0.29) is 5.56 Å². The Morgan fingerprint density at radius 3 is 2.78 bits per heavy atom. The van der Waals surface area contributed by atoms with Gasteiger partial charge in [0.1, 0.15) is 4.70 Å². The van der Waals surface area contributed by atoms with E-state index in [0.717, 1.165) is 32.6 Å². The van der Waals surface area contributed by atoms with E-state index in [9.17, 15) is 4.79 Å². The van der Waals surface area contributed by atoms with Crippen molar-refractivity contribution in [2.45, 2.75) is 31.0 Å². The van der Waals surface area contributed by atoms with Crippen LogP contribution in [-0.4, -0.2) is 15.3 Å². The van der Waals surface area contributed by atoms with E-state index in [1.54, 1.807) is 11.8 Å². The maximum atomic E-state index is 12.9. The monoisotopic (exact) mass is 342 g/mol. The molecule has 1 aromatic carbocycles. The molecule has 0 spiro atoms. The molecule has 2 heterocycles. The average Bonchev–Trinajstić information content (AvgIpc) is 2.99. The summed E-state index contributed by atoms with van der Waals surface area (Å²) >= 11 is 3.22. The zero-order valence-corrected chi connectivity index (χ0v) is 14.4. The summed E-state index contributed by atoms with van der Waals surface area (Å²) in [6, 6.07) is 12.1. The maximum absolute atomic E-state index is 12.9. The highest BCUT2D eigenvalue weighted by Gasteiger charge is 2.20. The van der Waals surface area contributed by atoms with E-state index in [2.05, 4.69) is 12.1 Å². The number of benzene rings is 1. The van der Waals surface area contributed by atoms with E-state index in [1.165, 1.54) is 30.6 Å². The van der Waals surface area contributed by atoms with Crippen molar-refractivity contribution in [3.63, 3.8) is 0 Å². The molecule has 3 nitrogen and oxygen atoms in total. The number of thiophene rings is 1. The minimum absolute atomic E-state index is 0.0879.